The second-order valence-corrected chi connectivity index (χ2v) is 5.60. The first-order chi connectivity index (χ1) is 12.4. The number of benzene rings is 2. The summed E-state index contributed by atoms with van der Waals surface area (Å²) in [4.78, 5) is 27.3. The first-order valence-corrected chi connectivity index (χ1v) is 7.62. The Balaban J connectivity index is 1.92. The Morgan fingerprint density at radius 2 is 1.85 bits per heavy atom. The summed E-state index contributed by atoms with van der Waals surface area (Å²) in [6, 6.07) is 7.80. The van der Waals surface area contributed by atoms with Gasteiger partial charge in [-0.2, -0.15) is 0 Å². The maximum absolute atomic E-state index is 13.4. The molecule has 132 valence electrons. The van der Waals surface area contributed by atoms with Crippen LogP contribution in [0.2, 0.25) is 5.02 Å². The molecule has 2 aromatic carbocycles. The fraction of sp³-hybridized carbons (Fsp3) is 0.0556. The highest BCUT2D eigenvalue weighted by molar-refractivity contribution is 6.34. The molecule has 0 saturated carbocycles. The van der Waals surface area contributed by atoms with Crippen molar-refractivity contribution in [1.29, 1.82) is 0 Å². The van der Waals surface area contributed by atoms with E-state index in [9.17, 15) is 18.4 Å². The molecule has 0 amide bonds. The van der Waals surface area contributed by atoms with Gasteiger partial charge in [0, 0.05) is 0 Å². The highest BCUT2D eigenvalue weighted by Gasteiger charge is 2.26. The first-order valence-electron chi connectivity index (χ1n) is 7.25. The van der Waals surface area contributed by atoms with Crippen LogP contribution in [0, 0.1) is 11.6 Å². The van der Waals surface area contributed by atoms with Crippen molar-refractivity contribution in [3.05, 3.63) is 75.4 Å². The van der Waals surface area contributed by atoms with E-state index in [1.54, 1.807) is 12.1 Å². The predicted octanol–water partition coefficient (Wildman–Crippen LogP) is 3.75. The molecule has 0 aliphatic carbocycles. The van der Waals surface area contributed by atoms with E-state index in [0.717, 1.165) is 12.1 Å². The monoisotopic (exact) mass is 377 g/mol. The van der Waals surface area contributed by atoms with Gasteiger partial charge in [-0.25, -0.2) is 23.4 Å². The summed E-state index contributed by atoms with van der Waals surface area (Å²) in [6.07, 6.45) is 1.42. The lowest BCUT2D eigenvalue weighted by molar-refractivity contribution is -0.129. The number of halogens is 3. The normalized spacial score (nSPS) is 15.0. The Kier molecular flexibility index (Phi) is 4.81. The molecule has 1 heterocycles. The minimum absolute atomic E-state index is 0.0386. The van der Waals surface area contributed by atoms with E-state index in [1.807, 2.05) is 0 Å². The maximum Gasteiger partial charge on any atom is 0.363 e. The van der Waals surface area contributed by atoms with E-state index in [-0.39, 0.29) is 22.2 Å². The molecule has 0 bridgehead atoms. The van der Waals surface area contributed by atoms with Gasteiger partial charge in [0.2, 0.25) is 5.90 Å². The standard InChI is InChI=1S/C18H10ClF2NO4/c1-25-17(23)10-4-2-9(3-5-10)6-15-18(24)26-16(22-15)11-7-13(20)14(21)8-12(11)19/h2-8H,1H3/b15-6+. The van der Waals surface area contributed by atoms with Gasteiger partial charge in [0.05, 0.1) is 23.3 Å². The minimum atomic E-state index is -1.14. The average Bonchev–Trinajstić information content (AvgIpc) is 2.98. The molecule has 26 heavy (non-hydrogen) atoms. The van der Waals surface area contributed by atoms with E-state index in [0.29, 0.717) is 11.1 Å². The SMILES string of the molecule is COC(=O)c1ccc(/C=C2/N=C(c3cc(F)c(F)cc3Cl)OC2=O)cc1. The second kappa shape index (κ2) is 7.05. The highest BCUT2D eigenvalue weighted by atomic mass is 35.5. The summed E-state index contributed by atoms with van der Waals surface area (Å²) in [5, 5.41) is -0.140. The van der Waals surface area contributed by atoms with Gasteiger partial charge in [0.1, 0.15) is 0 Å². The quantitative estimate of drug-likeness (QED) is 0.464. The number of cyclic esters (lactones) is 1. The smallest absolute Gasteiger partial charge is 0.363 e. The number of hydrogen-bond acceptors (Lipinski definition) is 5. The summed E-state index contributed by atoms with van der Waals surface area (Å²) >= 11 is 5.86. The predicted molar refractivity (Wildman–Crippen MR) is 89.8 cm³/mol. The van der Waals surface area contributed by atoms with Crippen LogP contribution in [0.25, 0.3) is 6.08 Å². The Bertz CT molecular complexity index is 968. The molecule has 0 spiro atoms. The molecule has 0 aromatic heterocycles. The van der Waals surface area contributed by atoms with Gasteiger partial charge in [-0.15, -0.1) is 0 Å². The van der Waals surface area contributed by atoms with Gasteiger partial charge in [0.15, 0.2) is 17.3 Å². The van der Waals surface area contributed by atoms with Crippen LogP contribution in [-0.2, 0) is 14.3 Å². The Morgan fingerprint density at radius 3 is 2.50 bits per heavy atom. The Morgan fingerprint density at radius 1 is 1.19 bits per heavy atom. The molecular weight excluding hydrogens is 368 g/mol. The molecule has 1 aliphatic heterocycles. The topological polar surface area (TPSA) is 65.0 Å². The minimum Gasteiger partial charge on any atom is -0.465 e. The van der Waals surface area contributed by atoms with Gasteiger partial charge in [-0.1, -0.05) is 23.7 Å². The first kappa shape index (κ1) is 17.8. The van der Waals surface area contributed by atoms with Gasteiger partial charge < -0.3 is 9.47 Å². The summed E-state index contributed by atoms with van der Waals surface area (Å²) in [6.45, 7) is 0. The van der Waals surface area contributed by atoms with Crippen LogP contribution in [-0.4, -0.2) is 24.9 Å². The number of methoxy groups -OCH3 is 1. The lowest BCUT2D eigenvalue weighted by Gasteiger charge is -2.03. The number of carbonyl (C=O) groups excluding carboxylic acids is 2. The summed E-state index contributed by atoms with van der Waals surface area (Å²) in [5.74, 6) is -3.74. The third kappa shape index (κ3) is 3.48. The number of aliphatic imine (C=N–C) groups is 1. The Labute approximate surface area is 151 Å². The summed E-state index contributed by atoms with van der Waals surface area (Å²) < 4.78 is 36.1. The molecule has 3 rings (SSSR count). The van der Waals surface area contributed by atoms with Crippen LogP contribution >= 0.6 is 11.6 Å². The summed E-state index contributed by atoms with van der Waals surface area (Å²) in [7, 11) is 1.27. The average molecular weight is 378 g/mol. The molecular formula is C18H10ClF2NO4. The van der Waals surface area contributed by atoms with Gasteiger partial charge in [-0.3, -0.25) is 0 Å². The van der Waals surface area contributed by atoms with E-state index >= 15 is 0 Å². The van der Waals surface area contributed by atoms with Crippen molar-refractivity contribution < 1.29 is 27.8 Å². The third-order valence-corrected chi connectivity index (χ3v) is 3.81. The molecule has 1 aliphatic rings. The highest BCUT2D eigenvalue weighted by Crippen LogP contribution is 2.26. The van der Waals surface area contributed by atoms with Crippen molar-refractivity contribution in [3.8, 4) is 0 Å². The lowest BCUT2D eigenvalue weighted by atomic mass is 10.1. The zero-order valence-electron chi connectivity index (χ0n) is 13.3. The van der Waals surface area contributed by atoms with Crippen LogP contribution in [0.4, 0.5) is 8.78 Å². The number of nitrogens with zero attached hydrogens (tertiary/aromatic N) is 1. The molecule has 0 saturated heterocycles. The van der Waals surface area contributed by atoms with E-state index in [4.69, 9.17) is 16.3 Å². The van der Waals surface area contributed by atoms with Crippen LogP contribution in [0.1, 0.15) is 21.5 Å². The van der Waals surface area contributed by atoms with Crippen LogP contribution in [0.5, 0.6) is 0 Å². The van der Waals surface area contributed by atoms with E-state index in [1.165, 1.54) is 25.3 Å². The van der Waals surface area contributed by atoms with Crippen molar-refractivity contribution in [3.63, 3.8) is 0 Å². The number of rotatable bonds is 3. The molecule has 2 aromatic rings. The lowest BCUT2D eigenvalue weighted by Crippen LogP contribution is -2.07. The number of hydrogen-bond donors (Lipinski definition) is 0. The van der Waals surface area contributed by atoms with Crippen molar-refractivity contribution in [2.75, 3.05) is 7.11 Å². The third-order valence-electron chi connectivity index (χ3n) is 3.50. The molecule has 8 heteroatoms. The van der Waals surface area contributed by atoms with E-state index in [2.05, 4.69) is 9.73 Å². The van der Waals surface area contributed by atoms with Gasteiger partial charge in [-0.05, 0) is 35.9 Å². The van der Waals surface area contributed by atoms with Crippen molar-refractivity contribution in [2.24, 2.45) is 4.99 Å². The fourth-order valence-corrected chi connectivity index (χ4v) is 2.43. The molecule has 0 radical (unpaired) electrons. The summed E-state index contributed by atoms with van der Waals surface area (Å²) in [5.41, 5.74) is 0.836. The molecule has 0 N–H and O–H groups in total. The van der Waals surface area contributed by atoms with Gasteiger partial charge >= 0.3 is 11.9 Å². The Hall–Kier alpha value is -3.06. The van der Waals surface area contributed by atoms with Crippen molar-refractivity contribution in [1.82, 2.24) is 0 Å². The largest absolute Gasteiger partial charge is 0.465 e. The van der Waals surface area contributed by atoms with Crippen LogP contribution in [0.15, 0.2) is 47.1 Å². The van der Waals surface area contributed by atoms with E-state index < -0.39 is 23.6 Å². The molecule has 0 atom stereocenters. The molecule has 5 nitrogen and oxygen atoms in total. The van der Waals surface area contributed by atoms with Crippen molar-refractivity contribution in [2.45, 2.75) is 0 Å². The number of ether oxygens (including phenoxy) is 2. The van der Waals surface area contributed by atoms with Crippen molar-refractivity contribution >= 4 is 35.5 Å². The number of carbonyl (C=O) groups is 2. The fourth-order valence-electron chi connectivity index (χ4n) is 2.20. The van der Waals surface area contributed by atoms with Crippen LogP contribution < -0.4 is 0 Å². The zero-order valence-corrected chi connectivity index (χ0v) is 14.0. The van der Waals surface area contributed by atoms with Crippen LogP contribution in [0.3, 0.4) is 0 Å². The van der Waals surface area contributed by atoms with Gasteiger partial charge in [0.25, 0.3) is 0 Å². The molecule has 0 unspecified atom stereocenters. The second-order valence-electron chi connectivity index (χ2n) is 5.20. The zero-order chi connectivity index (χ0) is 18.8. The molecule has 0 fully saturated rings. The maximum atomic E-state index is 13.4. The number of esters is 2.